The number of hydrogen-bond acceptors (Lipinski definition) is 3. The molecule has 0 aliphatic carbocycles. The van der Waals surface area contributed by atoms with Crippen molar-refractivity contribution in [3.63, 3.8) is 0 Å². The summed E-state index contributed by atoms with van der Waals surface area (Å²) in [5.41, 5.74) is 0.349. The number of ether oxygens (including phenoxy) is 1. The van der Waals surface area contributed by atoms with Gasteiger partial charge < -0.3 is 4.74 Å². The van der Waals surface area contributed by atoms with Gasteiger partial charge in [-0.3, -0.25) is 5.10 Å². The van der Waals surface area contributed by atoms with Crippen molar-refractivity contribution >= 4 is 16.9 Å². The quantitative estimate of drug-likeness (QED) is 0.839. The number of nitrogens with zero attached hydrogens (tertiary/aromatic N) is 1. The van der Waals surface area contributed by atoms with E-state index in [2.05, 4.69) is 10.2 Å². The molecule has 0 saturated heterocycles. The first-order valence-electron chi connectivity index (χ1n) is 5.06. The first kappa shape index (κ1) is 11.5. The summed E-state index contributed by atoms with van der Waals surface area (Å²) in [4.78, 5) is 11.5. The molecule has 0 bridgehead atoms. The summed E-state index contributed by atoms with van der Waals surface area (Å²) in [5.74, 6) is -0.532. The highest BCUT2D eigenvalue weighted by molar-refractivity contribution is 5.95. The molecule has 0 radical (unpaired) electrons. The van der Waals surface area contributed by atoms with Crippen LogP contribution in [-0.2, 0) is 4.74 Å². The lowest BCUT2D eigenvalue weighted by Crippen LogP contribution is -2.04. The predicted molar refractivity (Wildman–Crippen MR) is 57.0 cm³/mol. The number of hydrogen-bond donors (Lipinski definition) is 1. The first-order chi connectivity index (χ1) is 8.13. The van der Waals surface area contributed by atoms with E-state index in [0.29, 0.717) is 5.52 Å². The van der Waals surface area contributed by atoms with Crippen molar-refractivity contribution in [1.82, 2.24) is 10.2 Å². The van der Waals surface area contributed by atoms with Gasteiger partial charge in [0.1, 0.15) is 5.69 Å². The fourth-order valence-corrected chi connectivity index (χ4v) is 1.54. The smallest absolute Gasteiger partial charge is 0.338 e. The van der Waals surface area contributed by atoms with Crippen LogP contribution in [0.5, 0.6) is 0 Å². The number of aromatic amines is 1. The van der Waals surface area contributed by atoms with Crippen LogP contribution in [0.25, 0.3) is 10.9 Å². The van der Waals surface area contributed by atoms with Crippen LogP contribution in [0.15, 0.2) is 18.2 Å². The minimum atomic E-state index is -2.66. The molecule has 1 aromatic heterocycles. The molecule has 0 unspecified atom stereocenters. The Kier molecular flexibility index (Phi) is 3.03. The van der Waals surface area contributed by atoms with Gasteiger partial charge in [0.15, 0.2) is 0 Å². The van der Waals surface area contributed by atoms with Crippen LogP contribution in [0.2, 0.25) is 0 Å². The molecule has 0 saturated carbocycles. The standard InChI is InChI=1S/C11H10F2N2O2/c1-2-17-11(16)6-3-4-8-7(5-6)9(10(12)13)15-14-8/h3-5,10H,2H2,1H3,(H,14,15). The van der Waals surface area contributed by atoms with Crippen LogP contribution < -0.4 is 0 Å². The molecule has 90 valence electrons. The molecule has 1 N–H and O–H groups in total. The summed E-state index contributed by atoms with van der Waals surface area (Å²) in [6.07, 6.45) is -2.66. The minimum Gasteiger partial charge on any atom is -0.462 e. The number of fused-ring (bicyclic) bond motifs is 1. The average molecular weight is 240 g/mol. The molecule has 2 rings (SSSR count). The van der Waals surface area contributed by atoms with Crippen LogP contribution in [0.1, 0.15) is 29.4 Å². The zero-order chi connectivity index (χ0) is 12.4. The number of benzene rings is 1. The number of nitrogens with one attached hydrogen (secondary N) is 1. The Hall–Kier alpha value is -1.98. The number of carbonyl (C=O) groups is 1. The number of carbonyl (C=O) groups excluding carboxylic acids is 1. The van der Waals surface area contributed by atoms with Gasteiger partial charge in [0.05, 0.1) is 17.7 Å². The lowest BCUT2D eigenvalue weighted by Gasteiger charge is -2.02. The third-order valence-electron chi connectivity index (χ3n) is 2.31. The Morgan fingerprint density at radius 3 is 2.94 bits per heavy atom. The number of esters is 1. The SMILES string of the molecule is CCOC(=O)c1ccc2n[nH]c(C(F)F)c2c1. The van der Waals surface area contributed by atoms with Crippen LogP contribution in [0, 0.1) is 0 Å². The van der Waals surface area contributed by atoms with E-state index in [9.17, 15) is 13.6 Å². The number of rotatable bonds is 3. The van der Waals surface area contributed by atoms with E-state index in [4.69, 9.17) is 4.74 Å². The summed E-state index contributed by atoms with van der Waals surface area (Å²) >= 11 is 0. The van der Waals surface area contributed by atoms with Crippen LogP contribution in [0.3, 0.4) is 0 Å². The molecule has 0 fully saturated rings. The summed E-state index contributed by atoms with van der Waals surface area (Å²) in [7, 11) is 0. The highest BCUT2D eigenvalue weighted by atomic mass is 19.3. The fraction of sp³-hybridized carbons (Fsp3) is 0.273. The van der Waals surface area contributed by atoms with E-state index in [1.807, 2.05) is 0 Å². The van der Waals surface area contributed by atoms with E-state index in [1.54, 1.807) is 6.92 Å². The van der Waals surface area contributed by atoms with E-state index in [-0.39, 0.29) is 23.3 Å². The molecule has 17 heavy (non-hydrogen) atoms. The summed E-state index contributed by atoms with van der Waals surface area (Å²) < 4.78 is 30.0. The van der Waals surface area contributed by atoms with Crippen LogP contribution in [-0.4, -0.2) is 22.8 Å². The normalized spacial score (nSPS) is 11.1. The van der Waals surface area contributed by atoms with Gasteiger partial charge in [0, 0.05) is 5.39 Å². The number of alkyl halides is 2. The second-order valence-corrected chi connectivity index (χ2v) is 3.39. The molecule has 6 heteroatoms. The largest absolute Gasteiger partial charge is 0.462 e. The topological polar surface area (TPSA) is 55.0 Å². The van der Waals surface area contributed by atoms with Gasteiger partial charge in [-0.05, 0) is 25.1 Å². The van der Waals surface area contributed by atoms with Gasteiger partial charge in [-0.2, -0.15) is 5.10 Å². The summed E-state index contributed by atoms with van der Waals surface area (Å²) in [5, 5.41) is 6.23. The lowest BCUT2D eigenvalue weighted by atomic mass is 10.1. The Balaban J connectivity index is 2.47. The predicted octanol–water partition coefficient (Wildman–Crippen LogP) is 2.68. The Labute approximate surface area is 95.6 Å². The van der Waals surface area contributed by atoms with E-state index in [1.165, 1.54) is 18.2 Å². The molecule has 2 aromatic rings. The Morgan fingerprint density at radius 2 is 2.29 bits per heavy atom. The number of aromatic nitrogens is 2. The first-order valence-corrected chi connectivity index (χ1v) is 5.06. The molecule has 1 heterocycles. The molecular formula is C11H10F2N2O2. The third-order valence-corrected chi connectivity index (χ3v) is 2.31. The monoisotopic (exact) mass is 240 g/mol. The molecular weight excluding hydrogens is 230 g/mol. The van der Waals surface area contributed by atoms with Crippen molar-refractivity contribution in [3.05, 3.63) is 29.5 Å². The van der Waals surface area contributed by atoms with Crippen molar-refractivity contribution in [1.29, 1.82) is 0 Å². The van der Waals surface area contributed by atoms with Crippen LogP contribution >= 0.6 is 0 Å². The fourth-order valence-electron chi connectivity index (χ4n) is 1.54. The number of halogens is 2. The Bertz CT molecular complexity index is 551. The van der Waals surface area contributed by atoms with Crippen molar-refractivity contribution in [2.75, 3.05) is 6.61 Å². The van der Waals surface area contributed by atoms with E-state index in [0.717, 1.165) is 0 Å². The second kappa shape index (κ2) is 4.48. The van der Waals surface area contributed by atoms with Gasteiger partial charge >= 0.3 is 5.97 Å². The van der Waals surface area contributed by atoms with Crippen molar-refractivity contribution < 1.29 is 18.3 Å². The van der Waals surface area contributed by atoms with E-state index < -0.39 is 12.4 Å². The molecule has 0 spiro atoms. The molecule has 0 aliphatic rings. The molecule has 0 amide bonds. The second-order valence-electron chi connectivity index (χ2n) is 3.39. The molecule has 0 atom stereocenters. The minimum absolute atomic E-state index is 0.239. The zero-order valence-electron chi connectivity index (χ0n) is 9.04. The zero-order valence-corrected chi connectivity index (χ0v) is 9.04. The van der Waals surface area contributed by atoms with Gasteiger partial charge in [-0.1, -0.05) is 0 Å². The molecule has 4 nitrogen and oxygen atoms in total. The van der Waals surface area contributed by atoms with Gasteiger partial charge in [-0.15, -0.1) is 0 Å². The molecule has 0 aliphatic heterocycles. The van der Waals surface area contributed by atoms with Crippen molar-refractivity contribution in [2.45, 2.75) is 13.3 Å². The summed E-state index contributed by atoms with van der Waals surface area (Å²) in [6, 6.07) is 4.36. The average Bonchev–Trinajstić information content (AvgIpc) is 2.71. The summed E-state index contributed by atoms with van der Waals surface area (Å²) in [6.45, 7) is 1.92. The van der Waals surface area contributed by atoms with E-state index >= 15 is 0 Å². The highest BCUT2D eigenvalue weighted by Crippen LogP contribution is 2.26. The maximum absolute atomic E-state index is 12.6. The molecule has 1 aromatic carbocycles. The number of H-pyrrole nitrogens is 1. The van der Waals surface area contributed by atoms with Gasteiger partial charge in [0.2, 0.25) is 0 Å². The third kappa shape index (κ3) is 2.11. The Morgan fingerprint density at radius 1 is 1.53 bits per heavy atom. The maximum Gasteiger partial charge on any atom is 0.338 e. The van der Waals surface area contributed by atoms with Crippen LogP contribution in [0.4, 0.5) is 8.78 Å². The highest BCUT2D eigenvalue weighted by Gasteiger charge is 2.16. The van der Waals surface area contributed by atoms with Crippen molar-refractivity contribution in [2.24, 2.45) is 0 Å². The van der Waals surface area contributed by atoms with Gasteiger partial charge in [-0.25, -0.2) is 13.6 Å². The van der Waals surface area contributed by atoms with Crippen molar-refractivity contribution in [3.8, 4) is 0 Å². The maximum atomic E-state index is 12.6. The van der Waals surface area contributed by atoms with Gasteiger partial charge in [0.25, 0.3) is 6.43 Å². The lowest BCUT2D eigenvalue weighted by molar-refractivity contribution is 0.0526.